The van der Waals surface area contributed by atoms with Crippen LogP contribution in [0.2, 0.25) is 0 Å². The zero-order valence-corrected chi connectivity index (χ0v) is 12.3. The molecule has 1 fully saturated rings. The van der Waals surface area contributed by atoms with Gasteiger partial charge in [-0.25, -0.2) is 0 Å². The summed E-state index contributed by atoms with van der Waals surface area (Å²) in [6, 6.07) is 7.83. The molecule has 6 heteroatoms. The Morgan fingerprint density at radius 1 is 1.33 bits per heavy atom. The average Bonchev–Trinajstić information content (AvgIpc) is 3.07. The second-order valence-corrected chi connectivity index (χ2v) is 5.58. The minimum absolute atomic E-state index is 0.231. The third kappa shape index (κ3) is 3.06. The molecule has 112 valence electrons. The van der Waals surface area contributed by atoms with Gasteiger partial charge in [-0.1, -0.05) is 12.1 Å². The van der Waals surface area contributed by atoms with Crippen LogP contribution in [0.15, 0.2) is 28.8 Å². The van der Waals surface area contributed by atoms with Crippen LogP contribution in [-0.2, 0) is 6.54 Å². The van der Waals surface area contributed by atoms with Crippen molar-refractivity contribution in [1.29, 1.82) is 0 Å². The fourth-order valence-corrected chi connectivity index (χ4v) is 2.59. The van der Waals surface area contributed by atoms with Gasteiger partial charge >= 0.3 is 0 Å². The minimum atomic E-state index is 0.231. The van der Waals surface area contributed by atoms with E-state index in [4.69, 9.17) is 15.0 Å². The lowest BCUT2D eigenvalue weighted by Gasteiger charge is -2.11. The quantitative estimate of drug-likeness (QED) is 0.919. The minimum Gasteiger partial charge on any atom is -0.497 e. The highest BCUT2D eigenvalue weighted by Crippen LogP contribution is 2.21. The second kappa shape index (κ2) is 5.83. The van der Waals surface area contributed by atoms with Crippen molar-refractivity contribution < 1.29 is 9.26 Å². The Morgan fingerprint density at radius 3 is 2.71 bits per heavy atom. The largest absolute Gasteiger partial charge is 0.497 e. The molecule has 1 saturated heterocycles. The summed E-state index contributed by atoms with van der Waals surface area (Å²) in [6.45, 7) is 4.67. The van der Waals surface area contributed by atoms with E-state index in [1.807, 2.05) is 24.3 Å². The molecule has 2 heterocycles. The molecule has 0 aliphatic carbocycles. The lowest BCUT2D eigenvalue weighted by molar-refractivity contribution is 0.261. The van der Waals surface area contributed by atoms with Crippen molar-refractivity contribution in [2.45, 2.75) is 19.5 Å². The molecular formula is C15H20N4O2. The van der Waals surface area contributed by atoms with Gasteiger partial charge in [-0.05, 0) is 30.2 Å². The van der Waals surface area contributed by atoms with Crippen molar-refractivity contribution in [3.63, 3.8) is 0 Å². The SMILES string of the molecule is COc1ccc(-c2noc(CN3CC(C)C(N)C3)n2)cc1. The van der Waals surface area contributed by atoms with E-state index in [0.717, 1.165) is 24.4 Å². The first-order valence-electron chi connectivity index (χ1n) is 7.10. The summed E-state index contributed by atoms with van der Waals surface area (Å²) < 4.78 is 10.5. The van der Waals surface area contributed by atoms with Crippen molar-refractivity contribution in [2.24, 2.45) is 11.7 Å². The number of ether oxygens (including phenoxy) is 1. The summed E-state index contributed by atoms with van der Waals surface area (Å²) in [7, 11) is 1.64. The Balaban J connectivity index is 1.68. The number of aromatic nitrogens is 2. The van der Waals surface area contributed by atoms with Gasteiger partial charge in [-0.15, -0.1) is 0 Å². The van der Waals surface area contributed by atoms with Crippen LogP contribution in [0.5, 0.6) is 5.75 Å². The van der Waals surface area contributed by atoms with Crippen LogP contribution in [0, 0.1) is 5.92 Å². The molecule has 6 nitrogen and oxygen atoms in total. The highest BCUT2D eigenvalue weighted by molar-refractivity contribution is 5.55. The van der Waals surface area contributed by atoms with E-state index in [1.54, 1.807) is 7.11 Å². The molecule has 0 saturated carbocycles. The second-order valence-electron chi connectivity index (χ2n) is 5.58. The van der Waals surface area contributed by atoms with Crippen LogP contribution in [0.4, 0.5) is 0 Å². The molecule has 1 aliphatic rings. The van der Waals surface area contributed by atoms with Crippen LogP contribution >= 0.6 is 0 Å². The predicted octanol–water partition coefficient (Wildman–Crippen LogP) is 1.52. The average molecular weight is 288 g/mol. The molecule has 0 bridgehead atoms. The van der Waals surface area contributed by atoms with Gasteiger partial charge < -0.3 is 15.0 Å². The van der Waals surface area contributed by atoms with Crippen molar-refractivity contribution in [2.75, 3.05) is 20.2 Å². The van der Waals surface area contributed by atoms with Crippen molar-refractivity contribution in [1.82, 2.24) is 15.0 Å². The van der Waals surface area contributed by atoms with E-state index >= 15 is 0 Å². The van der Waals surface area contributed by atoms with E-state index in [9.17, 15) is 0 Å². The fraction of sp³-hybridized carbons (Fsp3) is 0.467. The first kappa shape index (κ1) is 14.0. The van der Waals surface area contributed by atoms with E-state index in [1.165, 1.54) is 0 Å². The van der Waals surface area contributed by atoms with E-state index in [0.29, 0.717) is 24.2 Å². The standard InChI is InChI=1S/C15H20N4O2/c1-10-7-19(8-13(10)16)9-14-17-15(18-21-14)11-3-5-12(20-2)6-4-11/h3-6,10,13H,7-9,16H2,1-2H3. The maximum absolute atomic E-state index is 6.03. The van der Waals surface area contributed by atoms with Gasteiger partial charge in [0, 0.05) is 24.7 Å². The molecule has 2 unspecified atom stereocenters. The molecule has 2 atom stereocenters. The monoisotopic (exact) mass is 288 g/mol. The third-order valence-corrected chi connectivity index (χ3v) is 3.92. The van der Waals surface area contributed by atoms with Gasteiger partial charge in [0.25, 0.3) is 0 Å². The zero-order valence-electron chi connectivity index (χ0n) is 12.3. The number of methoxy groups -OCH3 is 1. The molecule has 2 N–H and O–H groups in total. The van der Waals surface area contributed by atoms with Crippen LogP contribution in [-0.4, -0.2) is 41.3 Å². The Morgan fingerprint density at radius 2 is 2.10 bits per heavy atom. The predicted molar refractivity (Wildman–Crippen MR) is 78.7 cm³/mol. The first-order valence-corrected chi connectivity index (χ1v) is 7.10. The summed E-state index contributed by atoms with van der Waals surface area (Å²) >= 11 is 0. The Labute approximate surface area is 123 Å². The van der Waals surface area contributed by atoms with Crippen molar-refractivity contribution >= 4 is 0 Å². The highest BCUT2D eigenvalue weighted by atomic mass is 16.5. The number of hydrogen-bond donors (Lipinski definition) is 1. The molecule has 1 aromatic carbocycles. The molecule has 0 radical (unpaired) electrons. The van der Waals surface area contributed by atoms with Gasteiger partial charge in [0.1, 0.15) is 5.75 Å². The molecular weight excluding hydrogens is 268 g/mol. The maximum Gasteiger partial charge on any atom is 0.241 e. The normalized spacial score (nSPS) is 22.6. The molecule has 1 aliphatic heterocycles. The summed E-state index contributed by atoms with van der Waals surface area (Å²) in [4.78, 5) is 6.70. The van der Waals surface area contributed by atoms with Crippen molar-refractivity contribution in [3.05, 3.63) is 30.2 Å². The van der Waals surface area contributed by atoms with Crippen LogP contribution in [0.3, 0.4) is 0 Å². The number of hydrogen-bond acceptors (Lipinski definition) is 6. The highest BCUT2D eigenvalue weighted by Gasteiger charge is 2.27. The smallest absolute Gasteiger partial charge is 0.241 e. The van der Waals surface area contributed by atoms with E-state index in [-0.39, 0.29) is 6.04 Å². The van der Waals surface area contributed by atoms with Gasteiger partial charge in [0.2, 0.25) is 11.7 Å². The number of nitrogens with two attached hydrogens (primary N) is 1. The molecule has 1 aromatic heterocycles. The van der Waals surface area contributed by atoms with E-state index < -0.39 is 0 Å². The number of benzene rings is 1. The van der Waals surface area contributed by atoms with Gasteiger partial charge in [0.15, 0.2) is 0 Å². The van der Waals surface area contributed by atoms with Crippen LogP contribution in [0.25, 0.3) is 11.4 Å². The van der Waals surface area contributed by atoms with Gasteiger partial charge in [-0.2, -0.15) is 4.98 Å². The third-order valence-electron chi connectivity index (χ3n) is 3.92. The van der Waals surface area contributed by atoms with Gasteiger partial charge in [0.05, 0.1) is 13.7 Å². The Kier molecular flexibility index (Phi) is 3.90. The van der Waals surface area contributed by atoms with Crippen LogP contribution < -0.4 is 10.5 Å². The Hall–Kier alpha value is -1.92. The summed E-state index contributed by atoms with van der Waals surface area (Å²) in [5, 5.41) is 4.04. The van der Waals surface area contributed by atoms with E-state index in [2.05, 4.69) is 22.0 Å². The van der Waals surface area contributed by atoms with Crippen LogP contribution in [0.1, 0.15) is 12.8 Å². The zero-order chi connectivity index (χ0) is 14.8. The summed E-state index contributed by atoms with van der Waals surface area (Å²) in [5.41, 5.74) is 6.94. The molecule has 2 aromatic rings. The summed E-state index contributed by atoms with van der Waals surface area (Å²) in [5.74, 6) is 2.54. The molecule has 3 rings (SSSR count). The van der Waals surface area contributed by atoms with Crippen molar-refractivity contribution in [3.8, 4) is 17.1 Å². The fourth-order valence-electron chi connectivity index (χ4n) is 2.59. The first-order chi connectivity index (χ1) is 10.2. The number of rotatable bonds is 4. The topological polar surface area (TPSA) is 77.4 Å². The lowest BCUT2D eigenvalue weighted by atomic mass is 10.1. The number of likely N-dealkylation sites (tertiary alicyclic amines) is 1. The molecule has 21 heavy (non-hydrogen) atoms. The molecule has 0 amide bonds. The van der Waals surface area contributed by atoms with Gasteiger partial charge in [-0.3, -0.25) is 4.90 Å². The maximum atomic E-state index is 6.03. The summed E-state index contributed by atoms with van der Waals surface area (Å²) in [6.07, 6.45) is 0. The number of nitrogens with zero attached hydrogens (tertiary/aromatic N) is 3. The lowest BCUT2D eigenvalue weighted by Crippen LogP contribution is -2.28. The molecule has 0 spiro atoms. The Bertz CT molecular complexity index is 586.